The molecule has 1 aliphatic rings. The zero-order valence-electron chi connectivity index (χ0n) is 19.0. The van der Waals surface area contributed by atoms with E-state index in [0.717, 1.165) is 12.2 Å². The topological polar surface area (TPSA) is 133 Å². The van der Waals surface area contributed by atoms with E-state index in [2.05, 4.69) is 41.5 Å². The van der Waals surface area contributed by atoms with E-state index in [-0.39, 0.29) is 11.9 Å². The highest BCUT2D eigenvalue weighted by Crippen LogP contribution is 2.26. The second-order valence-electron chi connectivity index (χ2n) is 8.02. The van der Waals surface area contributed by atoms with Gasteiger partial charge in [0.1, 0.15) is 5.82 Å². The predicted molar refractivity (Wildman–Crippen MR) is 132 cm³/mol. The second kappa shape index (κ2) is 11.1. The minimum absolute atomic E-state index is 0.303. The molecule has 1 aromatic carbocycles. The molecule has 1 aliphatic carbocycles. The lowest BCUT2D eigenvalue weighted by atomic mass is 9.85. The molecule has 10 heteroatoms. The molecule has 0 bridgehead atoms. The lowest BCUT2D eigenvalue weighted by Gasteiger charge is -2.25. The van der Waals surface area contributed by atoms with Crippen molar-refractivity contribution in [3.05, 3.63) is 60.6 Å². The van der Waals surface area contributed by atoms with Crippen molar-refractivity contribution in [2.75, 3.05) is 34.4 Å². The van der Waals surface area contributed by atoms with Gasteiger partial charge in [0, 0.05) is 31.0 Å². The monoisotopic (exact) mass is 460 g/mol. The van der Waals surface area contributed by atoms with Gasteiger partial charge in [0.25, 0.3) is 5.91 Å². The lowest BCUT2D eigenvalue weighted by Crippen LogP contribution is -2.28. The molecule has 0 unspecified atom stereocenters. The average molecular weight is 461 g/mol. The summed E-state index contributed by atoms with van der Waals surface area (Å²) < 4.78 is 0. The highest BCUT2D eigenvalue weighted by molar-refractivity contribution is 6.08. The van der Waals surface area contributed by atoms with Gasteiger partial charge in [0.05, 0.1) is 29.3 Å². The molecule has 3 aromatic rings. The van der Waals surface area contributed by atoms with E-state index in [1.807, 2.05) is 37.3 Å². The van der Waals surface area contributed by atoms with Gasteiger partial charge in [-0.2, -0.15) is 0 Å². The first-order valence-corrected chi connectivity index (χ1v) is 11.3. The fraction of sp³-hybridized carbons (Fsp3) is 0.292. The molecule has 1 saturated carbocycles. The van der Waals surface area contributed by atoms with Crippen LogP contribution in [0.1, 0.15) is 36.5 Å². The van der Waals surface area contributed by atoms with Gasteiger partial charge in [-0.1, -0.05) is 24.6 Å². The number of hydrogen-bond donors (Lipinski definition) is 5. The van der Waals surface area contributed by atoms with Crippen LogP contribution in [0, 0.1) is 5.92 Å². The summed E-state index contributed by atoms with van der Waals surface area (Å²) in [5.74, 6) is 1.16. The Morgan fingerprint density at radius 2 is 1.74 bits per heavy atom. The molecule has 2 aromatic heterocycles. The molecular formula is C24H28N8O2. The number of carbonyl (C=O) groups is 2. The Bertz CT molecular complexity index is 1120. The molecule has 34 heavy (non-hydrogen) atoms. The van der Waals surface area contributed by atoms with Crippen LogP contribution < -0.4 is 26.6 Å². The van der Waals surface area contributed by atoms with Gasteiger partial charge in [-0.25, -0.2) is 19.7 Å². The molecule has 10 nitrogen and oxygen atoms in total. The first-order chi connectivity index (χ1) is 16.6. The van der Waals surface area contributed by atoms with Crippen molar-refractivity contribution in [3.63, 3.8) is 0 Å². The van der Waals surface area contributed by atoms with E-state index in [1.165, 1.54) is 25.5 Å². The number of hydrogen-bond acceptors (Lipinski definition) is 7. The van der Waals surface area contributed by atoms with Gasteiger partial charge in [-0.05, 0) is 37.8 Å². The van der Waals surface area contributed by atoms with Crippen LogP contribution in [-0.2, 0) is 0 Å². The third-order valence-corrected chi connectivity index (χ3v) is 5.46. The molecule has 3 amide bonds. The molecule has 5 N–H and O–H groups in total. The molecule has 0 radical (unpaired) electrons. The van der Waals surface area contributed by atoms with Crippen LogP contribution in [0.25, 0.3) is 0 Å². The summed E-state index contributed by atoms with van der Waals surface area (Å²) >= 11 is 0. The molecule has 0 saturated heterocycles. The number of anilines is 5. The van der Waals surface area contributed by atoms with Crippen LogP contribution >= 0.6 is 0 Å². The van der Waals surface area contributed by atoms with Crippen LogP contribution in [0.2, 0.25) is 0 Å². The molecule has 0 aliphatic heterocycles. The Labute approximate surface area is 198 Å². The first kappa shape index (κ1) is 23.0. The standard InChI is InChI=1S/C24H28N8O2/c1-2-25-24(34)32-21-11-20(30-17-9-4-3-5-10-17)19(15-26-21)22(33)31-18-13-28-23(29-14-18)27-12-16-7-6-8-16/h3-5,9-11,13-16H,2,6-8,12H2,1H3,(H,31,33)(H,27,28,29)(H3,25,26,30,32,34). The number of rotatable bonds is 9. The van der Waals surface area contributed by atoms with Crippen molar-refractivity contribution < 1.29 is 9.59 Å². The maximum absolute atomic E-state index is 13.0. The van der Waals surface area contributed by atoms with Crippen molar-refractivity contribution in [1.82, 2.24) is 20.3 Å². The normalized spacial score (nSPS) is 12.9. The summed E-state index contributed by atoms with van der Waals surface area (Å²) in [6, 6.07) is 10.7. The van der Waals surface area contributed by atoms with Crippen molar-refractivity contribution >= 4 is 40.8 Å². The summed E-state index contributed by atoms with van der Waals surface area (Å²) in [5, 5.41) is 14.6. The largest absolute Gasteiger partial charge is 0.355 e. The Morgan fingerprint density at radius 1 is 0.971 bits per heavy atom. The summed E-state index contributed by atoms with van der Waals surface area (Å²) in [5.41, 5.74) is 2.05. The summed E-state index contributed by atoms with van der Waals surface area (Å²) in [7, 11) is 0. The minimum Gasteiger partial charge on any atom is -0.355 e. The van der Waals surface area contributed by atoms with Crippen LogP contribution in [0.15, 0.2) is 55.0 Å². The van der Waals surface area contributed by atoms with Crippen molar-refractivity contribution in [2.24, 2.45) is 5.92 Å². The SMILES string of the molecule is CCNC(=O)Nc1cc(Nc2ccccc2)c(C(=O)Nc2cnc(NCC3CCC3)nc2)cn1. The van der Waals surface area contributed by atoms with Gasteiger partial charge in [-0.3, -0.25) is 10.1 Å². The number of nitrogens with one attached hydrogen (secondary N) is 5. The zero-order valence-corrected chi connectivity index (χ0v) is 19.0. The van der Waals surface area contributed by atoms with E-state index in [9.17, 15) is 9.59 Å². The lowest BCUT2D eigenvalue weighted by molar-refractivity contribution is 0.102. The van der Waals surface area contributed by atoms with E-state index in [0.29, 0.717) is 41.2 Å². The molecule has 0 atom stereocenters. The van der Waals surface area contributed by atoms with E-state index >= 15 is 0 Å². The number of para-hydroxylation sites is 1. The number of benzene rings is 1. The Hall–Kier alpha value is -4.21. The van der Waals surface area contributed by atoms with Crippen LogP contribution in [-0.4, -0.2) is 40.0 Å². The van der Waals surface area contributed by atoms with Crippen molar-refractivity contribution in [1.29, 1.82) is 0 Å². The number of nitrogens with zero attached hydrogens (tertiary/aromatic N) is 3. The zero-order chi connectivity index (χ0) is 23.8. The summed E-state index contributed by atoms with van der Waals surface area (Å²) in [6.45, 7) is 3.17. The highest BCUT2D eigenvalue weighted by Gasteiger charge is 2.18. The summed E-state index contributed by atoms with van der Waals surface area (Å²) in [6.07, 6.45) is 8.32. The van der Waals surface area contributed by atoms with Crippen LogP contribution in [0.5, 0.6) is 0 Å². The average Bonchev–Trinajstić information content (AvgIpc) is 2.80. The van der Waals surface area contributed by atoms with Crippen LogP contribution in [0.4, 0.5) is 33.6 Å². The molecule has 1 fully saturated rings. The summed E-state index contributed by atoms with van der Waals surface area (Å²) in [4.78, 5) is 37.7. The predicted octanol–water partition coefficient (Wildman–Crippen LogP) is 4.22. The number of pyridine rings is 1. The number of carbonyl (C=O) groups excluding carboxylic acids is 2. The highest BCUT2D eigenvalue weighted by atomic mass is 16.2. The van der Waals surface area contributed by atoms with Crippen molar-refractivity contribution in [2.45, 2.75) is 26.2 Å². The van der Waals surface area contributed by atoms with E-state index < -0.39 is 0 Å². The molecule has 0 spiro atoms. The maximum Gasteiger partial charge on any atom is 0.320 e. The molecule has 4 rings (SSSR count). The molecular weight excluding hydrogens is 432 g/mol. The number of urea groups is 1. The minimum atomic E-state index is -0.380. The Balaban J connectivity index is 1.48. The molecule has 176 valence electrons. The van der Waals surface area contributed by atoms with Gasteiger partial charge in [0.2, 0.25) is 5.95 Å². The fourth-order valence-corrected chi connectivity index (χ4v) is 3.42. The fourth-order valence-electron chi connectivity index (χ4n) is 3.42. The smallest absolute Gasteiger partial charge is 0.320 e. The van der Waals surface area contributed by atoms with Gasteiger partial charge >= 0.3 is 6.03 Å². The maximum atomic E-state index is 13.0. The number of aromatic nitrogens is 3. The van der Waals surface area contributed by atoms with Crippen LogP contribution in [0.3, 0.4) is 0 Å². The van der Waals surface area contributed by atoms with E-state index in [4.69, 9.17) is 0 Å². The second-order valence-corrected chi connectivity index (χ2v) is 8.02. The Morgan fingerprint density at radius 3 is 2.41 bits per heavy atom. The Kier molecular flexibility index (Phi) is 7.49. The van der Waals surface area contributed by atoms with Gasteiger partial charge in [-0.15, -0.1) is 0 Å². The third kappa shape index (κ3) is 6.18. The third-order valence-electron chi connectivity index (χ3n) is 5.46. The number of amides is 3. The molecule has 2 heterocycles. The van der Waals surface area contributed by atoms with E-state index in [1.54, 1.807) is 18.5 Å². The quantitative estimate of drug-likeness (QED) is 0.323. The first-order valence-electron chi connectivity index (χ1n) is 11.3. The van der Waals surface area contributed by atoms with Gasteiger partial charge < -0.3 is 21.3 Å². The van der Waals surface area contributed by atoms with Crippen molar-refractivity contribution in [3.8, 4) is 0 Å². The van der Waals surface area contributed by atoms with Gasteiger partial charge in [0.15, 0.2) is 0 Å².